The van der Waals surface area contributed by atoms with Crippen LogP contribution < -0.4 is 4.90 Å². The standard InChI is InChI=1S/C20H15N3O2S.2W/c1-26(24,25)20-5-3-2-4-19(20)15-6-8-18(9-7-15)23-11-10-16-12-21-22-13-17(16)14-23;;/h2-9,12-13H,10H2,1H3;;. The third-order valence-corrected chi connectivity index (χ3v) is 8.34. The fourth-order valence-electron chi connectivity index (χ4n) is 3.24. The van der Waals surface area contributed by atoms with Crippen LogP contribution in [0.3, 0.4) is 0 Å². The van der Waals surface area contributed by atoms with Crippen molar-refractivity contribution < 1.29 is 47.1 Å². The minimum absolute atomic E-state index is 0.354. The summed E-state index contributed by atoms with van der Waals surface area (Å²) in [6.45, 7) is 0. The van der Waals surface area contributed by atoms with E-state index in [2.05, 4.69) is 27.2 Å². The number of rotatable bonds is 3. The summed E-state index contributed by atoms with van der Waals surface area (Å²) in [5, 5.41) is 8.06. The number of anilines is 1. The predicted molar refractivity (Wildman–Crippen MR) is 102 cm³/mol. The number of hydrogen-bond acceptors (Lipinski definition) is 5. The van der Waals surface area contributed by atoms with Gasteiger partial charge in [-0.05, 0) is 0 Å². The number of sulfone groups is 1. The normalized spacial score (nSPS) is 14.1. The van der Waals surface area contributed by atoms with Crippen molar-refractivity contribution in [2.75, 3.05) is 11.2 Å². The quantitative estimate of drug-likeness (QED) is 0.415. The summed E-state index contributed by atoms with van der Waals surface area (Å²) < 4.78 is 26.8. The summed E-state index contributed by atoms with van der Waals surface area (Å²) in [4.78, 5) is 2.65. The molecule has 1 aliphatic heterocycles. The van der Waals surface area contributed by atoms with Gasteiger partial charge in [0.15, 0.2) is 0 Å². The molecular weight excluding hydrogens is 714 g/mol. The van der Waals surface area contributed by atoms with Crippen LogP contribution in [-0.4, -0.2) is 32.9 Å². The maximum atomic E-state index is 12.1. The Bertz CT molecular complexity index is 1210. The number of fused-ring (bicyclic) bond motifs is 1. The van der Waals surface area contributed by atoms with Gasteiger partial charge in [-0.25, -0.2) is 0 Å². The minimum atomic E-state index is -3.29. The molecule has 5 nitrogen and oxygen atoms in total. The average Bonchev–Trinajstić information content (AvgIpc) is 2.68. The van der Waals surface area contributed by atoms with Gasteiger partial charge in [-0.2, -0.15) is 0 Å². The van der Waals surface area contributed by atoms with E-state index in [1.165, 1.54) is 58.6 Å². The van der Waals surface area contributed by atoms with Crippen LogP contribution in [0.1, 0.15) is 11.1 Å². The first kappa shape index (κ1) is 19.7. The summed E-state index contributed by atoms with van der Waals surface area (Å²) in [6.07, 6.45) is 5.80. The van der Waals surface area contributed by atoms with Gasteiger partial charge >= 0.3 is 187 Å². The van der Waals surface area contributed by atoms with Crippen LogP contribution in [0, 0.1) is 0 Å². The SMILES string of the molecule is CS(=O)(=O)c1ccccc1-c1ccc(N2[C](=[W])Cc3cnncc3[C]2=[W])cc1. The summed E-state index contributed by atoms with van der Waals surface area (Å²) in [6, 6.07) is 15.2. The van der Waals surface area contributed by atoms with E-state index in [9.17, 15) is 8.42 Å². The van der Waals surface area contributed by atoms with E-state index in [0.29, 0.717) is 4.90 Å². The van der Waals surface area contributed by atoms with Crippen LogP contribution in [0.4, 0.5) is 5.69 Å². The molecule has 0 amide bonds. The molecule has 4 rings (SSSR count). The first-order chi connectivity index (χ1) is 13.4. The van der Waals surface area contributed by atoms with Crippen molar-refractivity contribution in [1.29, 1.82) is 0 Å². The van der Waals surface area contributed by atoms with Crippen molar-refractivity contribution >= 4 is 23.6 Å². The van der Waals surface area contributed by atoms with Gasteiger partial charge in [0.1, 0.15) is 0 Å². The molecule has 0 fully saturated rings. The van der Waals surface area contributed by atoms with Crippen molar-refractivity contribution in [3.05, 3.63) is 72.1 Å². The van der Waals surface area contributed by atoms with Crippen LogP contribution in [0.2, 0.25) is 0 Å². The third-order valence-electron chi connectivity index (χ3n) is 4.56. The van der Waals surface area contributed by atoms with Gasteiger partial charge in [-0.15, -0.1) is 0 Å². The maximum absolute atomic E-state index is 12.1. The van der Waals surface area contributed by atoms with E-state index >= 15 is 0 Å². The molecule has 1 aliphatic rings. The van der Waals surface area contributed by atoms with E-state index in [0.717, 1.165) is 28.8 Å². The Balaban J connectivity index is 1.72. The van der Waals surface area contributed by atoms with Crippen LogP contribution >= 0.6 is 0 Å². The second-order valence-corrected chi connectivity index (χ2v) is 11.5. The molecule has 2 heterocycles. The van der Waals surface area contributed by atoms with Crippen molar-refractivity contribution in [3.8, 4) is 11.1 Å². The molecule has 0 aliphatic carbocycles. The molecule has 0 spiro atoms. The Morgan fingerprint density at radius 2 is 1.61 bits per heavy atom. The summed E-state index contributed by atoms with van der Waals surface area (Å²) in [7, 11) is -3.29. The van der Waals surface area contributed by atoms with Crippen molar-refractivity contribution in [3.63, 3.8) is 0 Å². The molecule has 0 unspecified atom stereocenters. The Hall–Kier alpha value is -1.61. The molecule has 1 aromatic heterocycles. The molecule has 0 bridgehead atoms. The number of hydrogen-bond donors (Lipinski definition) is 0. The second kappa shape index (κ2) is 7.66. The van der Waals surface area contributed by atoms with E-state index in [4.69, 9.17) is 0 Å². The Morgan fingerprint density at radius 1 is 0.929 bits per heavy atom. The summed E-state index contributed by atoms with van der Waals surface area (Å²) in [5.74, 6) is 0. The zero-order valence-electron chi connectivity index (χ0n) is 14.9. The van der Waals surface area contributed by atoms with Gasteiger partial charge in [0.25, 0.3) is 0 Å². The molecule has 0 N–H and O–H groups in total. The number of aromatic nitrogens is 2. The van der Waals surface area contributed by atoms with Gasteiger partial charge in [-0.1, -0.05) is 0 Å². The molecular formula is C20H15N3O2SW2. The Kier molecular flexibility index (Phi) is 5.39. The van der Waals surface area contributed by atoms with Crippen LogP contribution in [-0.2, 0) is 55.0 Å². The first-order valence-electron chi connectivity index (χ1n) is 8.42. The zero-order chi connectivity index (χ0) is 19.9. The third kappa shape index (κ3) is 3.66. The van der Waals surface area contributed by atoms with Crippen LogP contribution in [0.15, 0.2) is 65.8 Å². The number of benzene rings is 2. The number of nitrogens with zero attached hydrogens (tertiary/aromatic N) is 3. The molecule has 0 saturated carbocycles. The van der Waals surface area contributed by atoms with E-state index in [1.807, 2.05) is 36.7 Å². The van der Waals surface area contributed by atoms with Gasteiger partial charge < -0.3 is 0 Å². The molecule has 140 valence electrons. The molecule has 0 atom stereocenters. The van der Waals surface area contributed by atoms with E-state index in [1.54, 1.807) is 12.1 Å². The monoisotopic (exact) mass is 729 g/mol. The molecule has 8 heteroatoms. The second-order valence-electron chi connectivity index (χ2n) is 6.45. The van der Waals surface area contributed by atoms with Crippen molar-refractivity contribution in [1.82, 2.24) is 10.2 Å². The molecule has 2 aromatic carbocycles. The Morgan fingerprint density at radius 3 is 2.32 bits per heavy atom. The van der Waals surface area contributed by atoms with Crippen LogP contribution in [0.5, 0.6) is 0 Å². The van der Waals surface area contributed by atoms with E-state index < -0.39 is 9.84 Å². The first-order valence-corrected chi connectivity index (χ1v) is 13.2. The molecule has 0 radical (unpaired) electrons. The predicted octanol–water partition coefficient (Wildman–Crippen LogP) is 2.31. The molecule has 0 saturated heterocycles. The fourth-order valence-corrected chi connectivity index (χ4v) is 7.75. The summed E-state index contributed by atoms with van der Waals surface area (Å²) >= 11 is 2.79. The molecule has 3 aromatic rings. The summed E-state index contributed by atoms with van der Waals surface area (Å²) in [5.41, 5.74) is 5.08. The topological polar surface area (TPSA) is 63.2 Å². The van der Waals surface area contributed by atoms with Gasteiger partial charge in [-0.3, -0.25) is 0 Å². The Labute approximate surface area is 185 Å². The van der Waals surface area contributed by atoms with E-state index in [-0.39, 0.29) is 0 Å². The van der Waals surface area contributed by atoms with Gasteiger partial charge in [0.2, 0.25) is 0 Å². The zero-order valence-corrected chi connectivity index (χ0v) is 21.5. The average molecular weight is 729 g/mol. The van der Waals surface area contributed by atoms with Gasteiger partial charge in [0.05, 0.1) is 0 Å². The molecule has 28 heavy (non-hydrogen) atoms. The van der Waals surface area contributed by atoms with Crippen LogP contribution in [0.25, 0.3) is 11.1 Å². The van der Waals surface area contributed by atoms with Crippen molar-refractivity contribution in [2.24, 2.45) is 0 Å². The van der Waals surface area contributed by atoms with Crippen molar-refractivity contribution in [2.45, 2.75) is 11.3 Å². The fraction of sp³-hybridized carbons (Fsp3) is 0.100. The van der Waals surface area contributed by atoms with Gasteiger partial charge in [0, 0.05) is 0 Å².